The van der Waals surface area contributed by atoms with Crippen LogP contribution in [-0.2, 0) is 4.74 Å². The number of nitrogens with zero attached hydrogens (tertiary/aromatic N) is 3. The maximum absolute atomic E-state index is 12.2. The lowest BCUT2D eigenvalue weighted by molar-refractivity contribution is 0.100. The van der Waals surface area contributed by atoms with E-state index in [1.807, 2.05) is 36.5 Å². The van der Waals surface area contributed by atoms with Crippen LogP contribution in [0, 0.1) is 0 Å². The average molecular weight is 437 g/mol. The van der Waals surface area contributed by atoms with Crippen molar-refractivity contribution >= 4 is 34.0 Å². The SMILES string of the molecule is COCCN(C)c1cc(-c2ccc3c(c2)ncn3C2CCCCC2)c(N)c(N)c1C(N)=O. The molecule has 1 aromatic heterocycles. The second-order valence-corrected chi connectivity index (χ2v) is 8.57. The number of rotatable bonds is 7. The van der Waals surface area contributed by atoms with Crippen LogP contribution in [0.5, 0.6) is 0 Å². The van der Waals surface area contributed by atoms with Gasteiger partial charge in [0, 0.05) is 32.3 Å². The molecule has 8 nitrogen and oxygen atoms in total. The lowest BCUT2D eigenvalue weighted by Crippen LogP contribution is -2.27. The van der Waals surface area contributed by atoms with E-state index < -0.39 is 5.91 Å². The molecule has 2 aromatic carbocycles. The molecule has 1 aliphatic rings. The minimum Gasteiger partial charge on any atom is -0.397 e. The van der Waals surface area contributed by atoms with Crippen LogP contribution in [-0.4, -0.2) is 42.8 Å². The van der Waals surface area contributed by atoms with Crippen LogP contribution in [0.2, 0.25) is 0 Å². The highest BCUT2D eigenvalue weighted by atomic mass is 16.5. The maximum Gasteiger partial charge on any atom is 0.252 e. The topological polar surface area (TPSA) is 125 Å². The lowest BCUT2D eigenvalue weighted by atomic mass is 9.95. The number of imidazole rings is 1. The molecule has 6 N–H and O–H groups in total. The Kier molecular flexibility index (Phi) is 6.23. The molecule has 1 amide bonds. The summed E-state index contributed by atoms with van der Waals surface area (Å²) in [5.41, 5.74) is 23.4. The van der Waals surface area contributed by atoms with E-state index >= 15 is 0 Å². The molecule has 4 rings (SSSR count). The van der Waals surface area contributed by atoms with Crippen LogP contribution in [0.15, 0.2) is 30.6 Å². The normalized spacial score (nSPS) is 14.7. The summed E-state index contributed by atoms with van der Waals surface area (Å²) in [4.78, 5) is 18.7. The molecule has 3 aromatic rings. The average Bonchev–Trinajstić information content (AvgIpc) is 3.22. The van der Waals surface area contributed by atoms with Gasteiger partial charge in [-0.05, 0) is 36.6 Å². The van der Waals surface area contributed by atoms with Crippen molar-refractivity contribution in [2.75, 3.05) is 43.7 Å². The molecular weight excluding hydrogens is 404 g/mol. The van der Waals surface area contributed by atoms with Gasteiger partial charge >= 0.3 is 0 Å². The summed E-state index contributed by atoms with van der Waals surface area (Å²) in [5.74, 6) is -0.610. The van der Waals surface area contributed by atoms with Gasteiger partial charge in [0.05, 0.1) is 46.6 Å². The fourth-order valence-electron chi connectivity index (χ4n) is 4.70. The number of hydrogen-bond acceptors (Lipinski definition) is 6. The van der Waals surface area contributed by atoms with Gasteiger partial charge in [0.1, 0.15) is 0 Å². The first-order chi connectivity index (χ1) is 15.4. The minimum absolute atomic E-state index is 0.196. The molecule has 1 fully saturated rings. The number of hydrogen-bond donors (Lipinski definition) is 3. The van der Waals surface area contributed by atoms with E-state index in [0.717, 1.165) is 22.2 Å². The zero-order valence-electron chi connectivity index (χ0n) is 18.8. The number of nitrogens with two attached hydrogens (primary N) is 3. The monoisotopic (exact) mass is 436 g/mol. The van der Waals surface area contributed by atoms with E-state index in [0.29, 0.717) is 30.6 Å². The third-order valence-corrected chi connectivity index (χ3v) is 6.53. The number of amides is 1. The third kappa shape index (κ3) is 3.98. The number of fused-ring (bicyclic) bond motifs is 1. The van der Waals surface area contributed by atoms with Crippen LogP contribution in [0.1, 0.15) is 48.5 Å². The van der Waals surface area contributed by atoms with Gasteiger partial charge in [-0.15, -0.1) is 0 Å². The Bertz CT molecular complexity index is 1130. The molecule has 0 atom stereocenters. The van der Waals surface area contributed by atoms with Gasteiger partial charge in [-0.25, -0.2) is 4.98 Å². The van der Waals surface area contributed by atoms with Crippen molar-refractivity contribution in [3.05, 3.63) is 36.2 Å². The number of benzene rings is 2. The number of anilines is 3. The molecule has 32 heavy (non-hydrogen) atoms. The molecule has 0 bridgehead atoms. The number of primary amides is 1. The fraction of sp³-hybridized carbons (Fsp3) is 0.417. The molecule has 8 heteroatoms. The van der Waals surface area contributed by atoms with Gasteiger partial charge in [0.25, 0.3) is 5.91 Å². The van der Waals surface area contributed by atoms with Crippen molar-refractivity contribution in [3.8, 4) is 11.1 Å². The summed E-state index contributed by atoms with van der Waals surface area (Å²) < 4.78 is 7.48. The number of ether oxygens (including phenoxy) is 1. The van der Waals surface area contributed by atoms with Gasteiger partial charge in [0.15, 0.2) is 0 Å². The largest absolute Gasteiger partial charge is 0.397 e. The van der Waals surface area contributed by atoms with Crippen LogP contribution in [0.4, 0.5) is 17.1 Å². The summed E-state index contributed by atoms with van der Waals surface area (Å²) in [7, 11) is 3.50. The van der Waals surface area contributed by atoms with Crippen molar-refractivity contribution in [1.82, 2.24) is 9.55 Å². The van der Waals surface area contributed by atoms with Crippen molar-refractivity contribution in [1.29, 1.82) is 0 Å². The number of methoxy groups -OCH3 is 1. The van der Waals surface area contributed by atoms with E-state index in [2.05, 4.69) is 15.6 Å². The quantitative estimate of drug-likeness (QED) is 0.486. The van der Waals surface area contributed by atoms with Crippen molar-refractivity contribution in [2.45, 2.75) is 38.1 Å². The number of likely N-dealkylation sites (N-methyl/N-ethyl adjacent to an activating group) is 1. The molecule has 0 aliphatic heterocycles. The number of nitrogen functional groups attached to an aromatic ring is 2. The maximum atomic E-state index is 12.2. The second-order valence-electron chi connectivity index (χ2n) is 8.57. The van der Waals surface area contributed by atoms with Gasteiger partial charge in [0.2, 0.25) is 0 Å². The van der Waals surface area contributed by atoms with Crippen LogP contribution in [0.25, 0.3) is 22.2 Å². The first-order valence-electron chi connectivity index (χ1n) is 11.1. The molecule has 0 unspecified atom stereocenters. The zero-order chi connectivity index (χ0) is 22.8. The lowest BCUT2D eigenvalue weighted by Gasteiger charge is -2.25. The van der Waals surface area contributed by atoms with Gasteiger partial charge < -0.3 is 31.4 Å². The molecule has 0 saturated heterocycles. The van der Waals surface area contributed by atoms with E-state index in [4.69, 9.17) is 21.9 Å². The Hall–Kier alpha value is -3.26. The molecule has 1 aliphatic carbocycles. The highest BCUT2D eigenvalue weighted by Gasteiger charge is 2.22. The first kappa shape index (κ1) is 22.0. The van der Waals surface area contributed by atoms with Crippen molar-refractivity contribution in [2.24, 2.45) is 5.73 Å². The highest BCUT2D eigenvalue weighted by molar-refractivity contribution is 6.09. The van der Waals surface area contributed by atoms with Crippen molar-refractivity contribution in [3.63, 3.8) is 0 Å². The minimum atomic E-state index is -0.610. The Morgan fingerprint density at radius 2 is 1.94 bits per heavy atom. The Balaban J connectivity index is 1.78. The number of carbonyl (C=O) groups excluding carboxylic acids is 1. The molecule has 0 spiro atoms. The van der Waals surface area contributed by atoms with Gasteiger partial charge in [-0.1, -0.05) is 25.3 Å². The first-order valence-corrected chi connectivity index (χ1v) is 11.1. The third-order valence-electron chi connectivity index (χ3n) is 6.53. The molecular formula is C24H32N6O2. The molecule has 170 valence electrons. The predicted octanol–water partition coefficient (Wildman–Crippen LogP) is 3.55. The van der Waals surface area contributed by atoms with Crippen LogP contribution < -0.4 is 22.1 Å². The predicted molar refractivity (Wildman–Crippen MR) is 130 cm³/mol. The number of carbonyl (C=O) groups is 1. The van der Waals surface area contributed by atoms with Crippen LogP contribution in [0.3, 0.4) is 0 Å². The Morgan fingerprint density at radius 1 is 1.19 bits per heavy atom. The van der Waals surface area contributed by atoms with Crippen molar-refractivity contribution < 1.29 is 9.53 Å². The smallest absolute Gasteiger partial charge is 0.252 e. The zero-order valence-corrected chi connectivity index (χ0v) is 18.8. The fourth-order valence-corrected chi connectivity index (χ4v) is 4.70. The van der Waals surface area contributed by atoms with E-state index in [1.165, 1.54) is 32.1 Å². The van der Waals surface area contributed by atoms with E-state index in [9.17, 15) is 4.79 Å². The van der Waals surface area contributed by atoms with E-state index in [-0.39, 0.29) is 11.3 Å². The molecule has 1 saturated carbocycles. The highest BCUT2D eigenvalue weighted by Crippen LogP contribution is 2.40. The Labute approximate surface area is 188 Å². The standard InChI is InChI=1S/C24H32N6O2/c1-29(10-11-32-2)20-13-17(22(25)23(26)21(20)24(27)31)15-8-9-19-18(12-15)28-14-30(19)16-6-4-3-5-7-16/h8-9,12-14,16H,3-7,10-11,25-26H2,1-2H3,(H2,27,31). The summed E-state index contributed by atoms with van der Waals surface area (Å²) in [6.07, 6.45) is 8.19. The van der Waals surface area contributed by atoms with Gasteiger partial charge in [-0.2, -0.15) is 0 Å². The molecule has 0 radical (unpaired) electrons. The van der Waals surface area contributed by atoms with Crippen LogP contribution >= 0.6 is 0 Å². The summed E-state index contributed by atoms with van der Waals surface area (Å²) in [5, 5.41) is 0. The van der Waals surface area contributed by atoms with Gasteiger partial charge in [-0.3, -0.25) is 4.79 Å². The summed E-state index contributed by atoms with van der Waals surface area (Å²) in [6, 6.07) is 8.55. The molecule has 1 heterocycles. The second kappa shape index (κ2) is 9.08. The summed E-state index contributed by atoms with van der Waals surface area (Å²) in [6.45, 7) is 1.07. The van der Waals surface area contributed by atoms with E-state index in [1.54, 1.807) is 7.11 Å². The number of aromatic nitrogens is 2. The Morgan fingerprint density at radius 3 is 2.62 bits per heavy atom. The summed E-state index contributed by atoms with van der Waals surface area (Å²) >= 11 is 0.